The van der Waals surface area contributed by atoms with Gasteiger partial charge in [0.15, 0.2) is 0 Å². The molecule has 152 valence electrons. The average Bonchev–Trinajstić information content (AvgIpc) is 3.06. The molecule has 29 heavy (non-hydrogen) atoms. The van der Waals surface area contributed by atoms with E-state index in [2.05, 4.69) is 10.6 Å². The Balaban J connectivity index is 1.49. The van der Waals surface area contributed by atoms with Crippen molar-refractivity contribution in [3.8, 4) is 0 Å². The lowest BCUT2D eigenvalue weighted by molar-refractivity contribution is -0.129. The third kappa shape index (κ3) is 5.35. The van der Waals surface area contributed by atoms with E-state index in [0.29, 0.717) is 23.8 Å². The van der Waals surface area contributed by atoms with Gasteiger partial charge in [-0.15, -0.1) is 0 Å². The standard InChI is InChI=1S/C22H24ClN3O3/c1-14-6-8-16(9-7-14)12-26-13-17(10-21(26)28)22(29)24-11-20(27)25-19-5-3-4-18(23)15(19)2/h3-9,17H,10-13H2,1-2H3,(H,24,29)(H,25,27)/t17-/m0/s1. The maximum Gasteiger partial charge on any atom is 0.243 e. The van der Waals surface area contributed by atoms with Crippen molar-refractivity contribution in [3.05, 3.63) is 64.2 Å². The molecule has 0 unspecified atom stereocenters. The van der Waals surface area contributed by atoms with E-state index in [0.717, 1.165) is 16.7 Å². The fourth-order valence-corrected chi connectivity index (χ4v) is 3.44. The van der Waals surface area contributed by atoms with Gasteiger partial charge in [-0.2, -0.15) is 0 Å². The Kier molecular flexibility index (Phi) is 6.54. The molecule has 3 amide bonds. The number of anilines is 1. The molecule has 2 N–H and O–H groups in total. The molecule has 0 saturated carbocycles. The van der Waals surface area contributed by atoms with Crippen LogP contribution in [0.1, 0.15) is 23.1 Å². The number of halogens is 1. The van der Waals surface area contributed by atoms with Crippen molar-refractivity contribution in [2.75, 3.05) is 18.4 Å². The molecule has 0 bridgehead atoms. The van der Waals surface area contributed by atoms with E-state index in [1.807, 2.05) is 38.1 Å². The van der Waals surface area contributed by atoms with Gasteiger partial charge in [0.2, 0.25) is 17.7 Å². The van der Waals surface area contributed by atoms with Crippen LogP contribution in [0.3, 0.4) is 0 Å². The highest BCUT2D eigenvalue weighted by atomic mass is 35.5. The Morgan fingerprint density at radius 3 is 2.59 bits per heavy atom. The summed E-state index contributed by atoms with van der Waals surface area (Å²) in [7, 11) is 0. The maximum atomic E-state index is 12.4. The molecule has 6 nitrogen and oxygen atoms in total. The van der Waals surface area contributed by atoms with E-state index in [1.54, 1.807) is 23.1 Å². The number of hydrogen-bond donors (Lipinski definition) is 2. The second-order valence-electron chi connectivity index (χ2n) is 7.34. The molecule has 0 aromatic heterocycles. The van der Waals surface area contributed by atoms with Crippen molar-refractivity contribution in [2.24, 2.45) is 5.92 Å². The minimum atomic E-state index is -0.450. The summed E-state index contributed by atoms with van der Waals surface area (Å²) in [5.41, 5.74) is 3.56. The van der Waals surface area contributed by atoms with Crippen molar-refractivity contribution in [1.82, 2.24) is 10.2 Å². The normalized spacial score (nSPS) is 16.0. The van der Waals surface area contributed by atoms with Crippen LogP contribution in [0.4, 0.5) is 5.69 Å². The molecule has 0 radical (unpaired) electrons. The van der Waals surface area contributed by atoms with Crippen molar-refractivity contribution in [2.45, 2.75) is 26.8 Å². The van der Waals surface area contributed by atoms with Gasteiger partial charge >= 0.3 is 0 Å². The van der Waals surface area contributed by atoms with Crippen LogP contribution < -0.4 is 10.6 Å². The van der Waals surface area contributed by atoms with Gasteiger partial charge in [0.1, 0.15) is 0 Å². The summed E-state index contributed by atoms with van der Waals surface area (Å²) in [5, 5.41) is 5.92. The summed E-state index contributed by atoms with van der Waals surface area (Å²) in [6, 6.07) is 13.2. The molecule has 1 atom stereocenters. The van der Waals surface area contributed by atoms with Crippen LogP contribution in [0.5, 0.6) is 0 Å². The molecule has 1 fully saturated rings. The molecule has 7 heteroatoms. The monoisotopic (exact) mass is 413 g/mol. The summed E-state index contributed by atoms with van der Waals surface area (Å²) >= 11 is 6.05. The molecular formula is C22H24ClN3O3. The number of benzene rings is 2. The predicted octanol–water partition coefficient (Wildman–Crippen LogP) is 3.06. The smallest absolute Gasteiger partial charge is 0.243 e. The summed E-state index contributed by atoms with van der Waals surface area (Å²) in [6.07, 6.45) is 0.159. The van der Waals surface area contributed by atoms with Gasteiger partial charge in [-0.3, -0.25) is 14.4 Å². The van der Waals surface area contributed by atoms with E-state index in [1.165, 1.54) is 0 Å². The van der Waals surface area contributed by atoms with Crippen LogP contribution in [0.25, 0.3) is 0 Å². The minimum Gasteiger partial charge on any atom is -0.347 e. The number of rotatable bonds is 6. The van der Waals surface area contributed by atoms with Gasteiger partial charge in [0.25, 0.3) is 0 Å². The van der Waals surface area contributed by atoms with Gasteiger partial charge in [-0.1, -0.05) is 47.5 Å². The van der Waals surface area contributed by atoms with Crippen LogP contribution >= 0.6 is 11.6 Å². The maximum absolute atomic E-state index is 12.4. The highest BCUT2D eigenvalue weighted by Crippen LogP contribution is 2.23. The predicted molar refractivity (Wildman–Crippen MR) is 113 cm³/mol. The zero-order chi connectivity index (χ0) is 21.0. The minimum absolute atomic E-state index is 0.0512. The fraction of sp³-hybridized carbons (Fsp3) is 0.318. The van der Waals surface area contributed by atoms with Crippen molar-refractivity contribution >= 4 is 35.0 Å². The number of nitrogens with one attached hydrogen (secondary N) is 2. The first-order chi connectivity index (χ1) is 13.8. The average molecular weight is 414 g/mol. The van der Waals surface area contributed by atoms with Crippen LogP contribution in [0.15, 0.2) is 42.5 Å². The largest absolute Gasteiger partial charge is 0.347 e. The van der Waals surface area contributed by atoms with Gasteiger partial charge < -0.3 is 15.5 Å². The number of likely N-dealkylation sites (tertiary alicyclic amines) is 1. The summed E-state index contributed by atoms with van der Waals surface area (Å²) in [5.74, 6) is -1.13. The number of aryl methyl sites for hydroxylation is 1. The zero-order valence-corrected chi connectivity index (χ0v) is 17.3. The van der Waals surface area contributed by atoms with Crippen LogP contribution in [0.2, 0.25) is 5.02 Å². The highest BCUT2D eigenvalue weighted by molar-refractivity contribution is 6.31. The van der Waals surface area contributed by atoms with Crippen LogP contribution in [-0.4, -0.2) is 35.7 Å². The second-order valence-corrected chi connectivity index (χ2v) is 7.75. The highest BCUT2D eigenvalue weighted by Gasteiger charge is 2.34. The van der Waals surface area contributed by atoms with Crippen LogP contribution in [0, 0.1) is 19.8 Å². The number of hydrogen-bond acceptors (Lipinski definition) is 3. The van der Waals surface area contributed by atoms with E-state index in [-0.39, 0.29) is 30.7 Å². The first kappa shape index (κ1) is 20.9. The molecule has 1 heterocycles. The lowest BCUT2D eigenvalue weighted by Gasteiger charge is -2.17. The number of carbonyl (C=O) groups is 3. The number of carbonyl (C=O) groups excluding carboxylic acids is 3. The van der Waals surface area contributed by atoms with Gasteiger partial charge in [-0.05, 0) is 37.1 Å². The molecule has 1 aliphatic rings. The van der Waals surface area contributed by atoms with E-state index >= 15 is 0 Å². The van der Waals surface area contributed by atoms with Gasteiger partial charge in [0, 0.05) is 30.2 Å². The second kappa shape index (κ2) is 9.09. The van der Waals surface area contributed by atoms with Crippen molar-refractivity contribution in [1.29, 1.82) is 0 Å². The fourth-order valence-electron chi connectivity index (χ4n) is 3.26. The molecule has 0 spiro atoms. The Bertz CT molecular complexity index is 927. The Labute approximate surface area is 175 Å². The van der Waals surface area contributed by atoms with E-state index < -0.39 is 5.92 Å². The number of nitrogens with zero attached hydrogens (tertiary/aromatic N) is 1. The molecule has 0 aliphatic carbocycles. The summed E-state index contributed by atoms with van der Waals surface area (Å²) in [4.78, 5) is 38.5. The summed E-state index contributed by atoms with van der Waals surface area (Å²) < 4.78 is 0. The molecule has 1 aliphatic heterocycles. The van der Waals surface area contributed by atoms with E-state index in [4.69, 9.17) is 11.6 Å². The zero-order valence-electron chi connectivity index (χ0n) is 16.5. The van der Waals surface area contributed by atoms with Crippen molar-refractivity contribution < 1.29 is 14.4 Å². The lowest BCUT2D eigenvalue weighted by Crippen LogP contribution is -2.37. The Morgan fingerprint density at radius 2 is 1.86 bits per heavy atom. The molecule has 2 aromatic rings. The topological polar surface area (TPSA) is 78.5 Å². The van der Waals surface area contributed by atoms with Gasteiger partial charge in [0.05, 0.1) is 12.5 Å². The SMILES string of the molecule is Cc1ccc(CN2C[C@@H](C(=O)NCC(=O)Nc3cccc(Cl)c3C)CC2=O)cc1. The molecule has 3 rings (SSSR count). The first-order valence-electron chi connectivity index (χ1n) is 9.49. The molecule has 1 saturated heterocycles. The van der Waals surface area contributed by atoms with Crippen LogP contribution in [-0.2, 0) is 20.9 Å². The number of amides is 3. The van der Waals surface area contributed by atoms with E-state index in [9.17, 15) is 14.4 Å². The third-order valence-electron chi connectivity index (χ3n) is 5.04. The molecule has 2 aromatic carbocycles. The Hall–Kier alpha value is -2.86. The lowest BCUT2D eigenvalue weighted by atomic mass is 10.1. The third-order valence-corrected chi connectivity index (χ3v) is 5.45. The van der Waals surface area contributed by atoms with Gasteiger partial charge in [-0.25, -0.2) is 0 Å². The Morgan fingerprint density at radius 1 is 1.14 bits per heavy atom. The quantitative estimate of drug-likeness (QED) is 0.763. The van der Waals surface area contributed by atoms with Crippen molar-refractivity contribution in [3.63, 3.8) is 0 Å². The first-order valence-corrected chi connectivity index (χ1v) is 9.87. The summed E-state index contributed by atoms with van der Waals surface area (Å²) in [6.45, 7) is 4.50. The molecular weight excluding hydrogens is 390 g/mol.